The third-order valence-electron chi connectivity index (χ3n) is 5.96. The molecule has 2 atom stereocenters. The molecule has 0 radical (unpaired) electrons. The van der Waals surface area contributed by atoms with Crippen molar-refractivity contribution in [2.45, 2.75) is 51.0 Å². The Kier molecular flexibility index (Phi) is 6.90. The van der Waals surface area contributed by atoms with E-state index in [1.807, 2.05) is 0 Å². The average Bonchev–Trinajstić information content (AvgIpc) is 3.29. The number of aryl methyl sites for hydroxylation is 1. The second-order valence-corrected chi connectivity index (χ2v) is 11.7. The molecular weight excluding hydrogens is 470 g/mol. The lowest BCUT2D eigenvalue weighted by molar-refractivity contribution is -0.121. The summed E-state index contributed by atoms with van der Waals surface area (Å²) < 4.78 is 26.1. The van der Waals surface area contributed by atoms with Crippen LogP contribution in [0, 0.1) is 5.92 Å². The maximum atomic E-state index is 13.2. The van der Waals surface area contributed by atoms with Crippen LogP contribution < -0.4 is 15.4 Å². The van der Waals surface area contributed by atoms with Gasteiger partial charge in [0.25, 0.3) is 5.91 Å². The molecule has 0 saturated heterocycles. The number of sulfonamides is 1. The van der Waals surface area contributed by atoms with Crippen LogP contribution in [0.5, 0.6) is 0 Å². The number of amides is 2. The Labute approximate surface area is 197 Å². The molecule has 0 bridgehead atoms. The van der Waals surface area contributed by atoms with Crippen LogP contribution in [0.4, 0.5) is 10.7 Å². The smallest absolute Gasteiger partial charge is 0.258 e. The van der Waals surface area contributed by atoms with Gasteiger partial charge in [0.15, 0.2) is 0 Å². The van der Waals surface area contributed by atoms with Crippen LogP contribution in [0.25, 0.3) is 0 Å². The number of nitrogens with one attached hydrogen (secondary N) is 3. The van der Waals surface area contributed by atoms with Crippen molar-refractivity contribution < 1.29 is 18.0 Å². The Balaban J connectivity index is 1.56. The first-order valence-corrected chi connectivity index (χ1v) is 13.8. The first-order valence-electron chi connectivity index (χ1n) is 10.7. The summed E-state index contributed by atoms with van der Waals surface area (Å²) in [6, 6.07) is 6.44. The first-order chi connectivity index (χ1) is 15.2. The van der Waals surface area contributed by atoms with E-state index in [1.165, 1.54) is 11.3 Å². The fourth-order valence-electron chi connectivity index (χ4n) is 4.52. The predicted octanol–water partition coefficient (Wildman–Crippen LogP) is 4.19. The fourth-order valence-corrected chi connectivity index (χ4v) is 6.77. The van der Waals surface area contributed by atoms with E-state index in [0.29, 0.717) is 34.1 Å². The Morgan fingerprint density at radius 3 is 2.47 bits per heavy atom. The first kappa shape index (κ1) is 23.2. The predicted molar refractivity (Wildman–Crippen MR) is 128 cm³/mol. The summed E-state index contributed by atoms with van der Waals surface area (Å²) in [6.45, 7) is 0. The number of thiophene rings is 1. The van der Waals surface area contributed by atoms with Crippen LogP contribution in [-0.4, -0.2) is 32.5 Å². The van der Waals surface area contributed by atoms with Gasteiger partial charge in [0, 0.05) is 21.6 Å². The van der Waals surface area contributed by atoms with Gasteiger partial charge in [-0.1, -0.05) is 24.4 Å². The standard InChI is InChI=1S/C22H26ClN3O4S2/c1-32(29,30)26-17-7-3-2-5-15(17)20(27)25-22-19(16-6-4-8-18(16)31-22)21(28)24-14-11-9-13(23)10-12-14/h9-12,15,17,26H,2-8H2,1H3,(H,24,28)(H,25,27). The van der Waals surface area contributed by atoms with E-state index < -0.39 is 22.0 Å². The quantitative estimate of drug-likeness (QED) is 0.558. The van der Waals surface area contributed by atoms with Crippen molar-refractivity contribution >= 4 is 55.5 Å². The van der Waals surface area contributed by atoms with Crippen LogP contribution >= 0.6 is 22.9 Å². The minimum absolute atomic E-state index is 0.244. The largest absolute Gasteiger partial charge is 0.322 e. The molecule has 172 valence electrons. The highest BCUT2D eigenvalue weighted by molar-refractivity contribution is 7.88. The lowest BCUT2D eigenvalue weighted by atomic mass is 9.84. The van der Waals surface area contributed by atoms with Crippen molar-refractivity contribution in [3.63, 3.8) is 0 Å². The SMILES string of the molecule is CS(=O)(=O)NC1CCCCC1C(=O)Nc1sc2c(c1C(=O)Nc1ccc(Cl)cc1)CCC2. The third-order valence-corrected chi connectivity index (χ3v) is 8.15. The minimum atomic E-state index is -3.42. The number of carbonyl (C=O) groups is 2. The number of benzene rings is 1. The summed E-state index contributed by atoms with van der Waals surface area (Å²) in [6.07, 6.45) is 6.75. The zero-order chi connectivity index (χ0) is 22.9. The number of hydrogen-bond donors (Lipinski definition) is 3. The minimum Gasteiger partial charge on any atom is -0.322 e. The molecule has 2 unspecified atom stereocenters. The molecule has 1 heterocycles. The van der Waals surface area contributed by atoms with Gasteiger partial charge in [0.2, 0.25) is 15.9 Å². The Morgan fingerprint density at radius 2 is 1.75 bits per heavy atom. The van der Waals surface area contributed by atoms with Gasteiger partial charge in [-0.3, -0.25) is 9.59 Å². The second-order valence-electron chi connectivity index (χ2n) is 8.40. The molecule has 3 N–H and O–H groups in total. The molecule has 7 nitrogen and oxygen atoms in total. The van der Waals surface area contributed by atoms with Gasteiger partial charge >= 0.3 is 0 Å². The average molecular weight is 496 g/mol. The highest BCUT2D eigenvalue weighted by atomic mass is 35.5. The molecular formula is C22H26ClN3O4S2. The molecule has 2 aromatic rings. The summed E-state index contributed by atoms with van der Waals surface area (Å²) in [5.74, 6) is -0.981. The van der Waals surface area contributed by atoms with Gasteiger partial charge in [0.05, 0.1) is 17.7 Å². The van der Waals surface area contributed by atoms with Crippen molar-refractivity contribution in [2.75, 3.05) is 16.9 Å². The van der Waals surface area contributed by atoms with E-state index in [1.54, 1.807) is 24.3 Å². The molecule has 0 aliphatic heterocycles. The molecule has 2 amide bonds. The third kappa shape index (κ3) is 5.33. The Morgan fingerprint density at radius 1 is 1.03 bits per heavy atom. The van der Waals surface area contributed by atoms with Gasteiger partial charge < -0.3 is 10.6 Å². The van der Waals surface area contributed by atoms with E-state index in [0.717, 1.165) is 48.8 Å². The van der Waals surface area contributed by atoms with E-state index in [9.17, 15) is 18.0 Å². The van der Waals surface area contributed by atoms with Gasteiger partial charge in [-0.15, -0.1) is 11.3 Å². The molecule has 4 rings (SSSR count). The Bertz CT molecular complexity index is 1130. The van der Waals surface area contributed by atoms with Gasteiger partial charge in [0.1, 0.15) is 5.00 Å². The van der Waals surface area contributed by atoms with Crippen molar-refractivity contribution in [2.24, 2.45) is 5.92 Å². The monoisotopic (exact) mass is 495 g/mol. The molecule has 0 spiro atoms. The highest BCUT2D eigenvalue weighted by Gasteiger charge is 2.34. The molecule has 2 aliphatic carbocycles. The van der Waals surface area contributed by atoms with Crippen molar-refractivity contribution in [3.8, 4) is 0 Å². The van der Waals surface area contributed by atoms with E-state index in [2.05, 4.69) is 15.4 Å². The van der Waals surface area contributed by atoms with E-state index in [-0.39, 0.29) is 11.8 Å². The maximum Gasteiger partial charge on any atom is 0.258 e. The molecule has 1 fully saturated rings. The highest BCUT2D eigenvalue weighted by Crippen LogP contribution is 2.40. The second kappa shape index (κ2) is 9.51. The maximum absolute atomic E-state index is 13.2. The lowest BCUT2D eigenvalue weighted by Gasteiger charge is -2.30. The topological polar surface area (TPSA) is 104 Å². The van der Waals surface area contributed by atoms with Crippen LogP contribution in [-0.2, 0) is 27.7 Å². The molecule has 10 heteroatoms. The molecule has 1 saturated carbocycles. The van der Waals surface area contributed by atoms with Crippen molar-refractivity contribution in [3.05, 3.63) is 45.3 Å². The number of rotatable bonds is 6. The van der Waals surface area contributed by atoms with E-state index >= 15 is 0 Å². The fraction of sp³-hybridized carbons (Fsp3) is 0.455. The normalized spacial score (nSPS) is 20.6. The van der Waals surface area contributed by atoms with Gasteiger partial charge in [-0.05, 0) is 61.9 Å². The zero-order valence-electron chi connectivity index (χ0n) is 17.7. The molecule has 2 aliphatic rings. The molecule has 1 aromatic heterocycles. The molecule has 32 heavy (non-hydrogen) atoms. The number of carbonyl (C=O) groups excluding carboxylic acids is 2. The van der Waals surface area contributed by atoms with Crippen LogP contribution in [0.15, 0.2) is 24.3 Å². The Hall–Kier alpha value is -1.94. The van der Waals surface area contributed by atoms with Crippen LogP contribution in [0.3, 0.4) is 0 Å². The zero-order valence-corrected chi connectivity index (χ0v) is 20.1. The number of anilines is 2. The molecule has 1 aromatic carbocycles. The summed E-state index contributed by atoms with van der Waals surface area (Å²) in [4.78, 5) is 27.5. The van der Waals surface area contributed by atoms with Crippen molar-refractivity contribution in [1.82, 2.24) is 4.72 Å². The summed E-state index contributed by atoms with van der Waals surface area (Å²) >= 11 is 7.38. The number of fused-ring (bicyclic) bond motifs is 1. The van der Waals surface area contributed by atoms with Crippen molar-refractivity contribution in [1.29, 1.82) is 0 Å². The number of hydrogen-bond acceptors (Lipinski definition) is 5. The number of halogens is 1. The van der Waals surface area contributed by atoms with Gasteiger partial charge in [-0.25, -0.2) is 13.1 Å². The van der Waals surface area contributed by atoms with Crippen LogP contribution in [0.1, 0.15) is 52.9 Å². The van der Waals surface area contributed by atoms with Crippen LogP contribution in [0.2, 0.25) is 5.02 Å². The summed E-state index contributed by atoms with van der Waals surface area (Å²) in [7, 11) is -3.42. The van der Waals surface area contributed by atoms with Gasteiger partial charge in [-0.2, -0.15) is 0 Å². The summed E-state index contributed by atoms with van der Waals surface area (Å²) in [5, 5.41) is 6.98. The lowest BCUT2D eigenvalue weighted by Crippen LogP contribution is -2.46. The van der Waals surface area contributed by atoms with E-state index in [4.69, 9.17) is 11.6 Å². The summed E-state index contributed by atoms with van der Waals surface area (Å²) in [5.41, 5.74) is 2.12.